The Hall–Kier alpha value is -1.55. The van der Waals surface area contributed by atoms with E-state index in [0.29, 0.717) is 11.5 Å². The number of rotatable bonds is 2. The highest BCUT2D eigenvalue weighted by Gasteiger charge is 2.14. The van der Waals surface area contributed by atoms with Gasteiger partial charge in [0, 0.05) is 13.2 Å². The van der Waals surface area contributed by atoms with Crippen molar-refractivity contribution < 1.29 is 9.52 Å². The lowest BCUT2D eigenvalue weighted by atomic mass is 10.2. The van der Waals surface area contributed by atoms with Crippen LogP contribution in [-0.2, 0) is 7.05 Å². The molecule has 2 aromatic rings. The highest BCUT2D eigenvalue weighted by Crippen LogP contribution is 2.19. The van der Waals surface area contributed by atoms with Crippen LogP contribution >= 0.6 is 0 Å². The molecule has 0 aliphatic rings. The van der Waals surface area contributed by atoms with Crippen molar-refractivity contribution >= 4 is 0 Å². The van der Waals surface area contributed by atoms with Crippen LogP contribution in [0.5, 0.6) is 0 Å². The third-order valence-electron chi connectivity index (χ3n) is 1.82. The molecule has 0 amide bonds. The molecule has 2 rings (SSSR count). The van der Waals surface area contributed by atoms with Crippen LogP contribution in [-0.4, -0.2) is 14.7 Å². The Balaban J connectivity index is 2.28. The standard InChI is InChI=1S/C9H10N2O2/c1-11-5-7(10-6-11)9(12)8-3-2-4-13-8/h2-6,9,12H,1H3. The second-order valence-corrected chi connectivity index (χ2v) is 2.88. The first-order valence-electron chi connectivity index (χ1n) is 3.96. The van der Waals surface area contributed by atoms with Crippen molar-refractivity contribution in [2.75, 3.05) is 0 Å². The number of furan rings is 1. The van der Waals surface area contributed by atoms with Gasteiger partial charge in [0.25, 0.3) is 0 Å². The molecular formula is C9H10N2O2. The third-order valence-corrected chi connectivity index (χ3v) is 1.82. The van der Waals surface area contributed by atoms with E-state index >= 15 is 0 Å². The fourth-order valence-corrected chi connectivity index (χ4v) is 1.17. The quantitative estimate of drug-likeness (QED) is 0.749. The van der Waals surface area contributed by atoms with E-state index in [1.807, 2.05) is 7.05 Å². The van der Waals surface area contributed by atoms with Gasteiger partial charge in [0.05, 0.1) is 18.3 Å². The molecule has 0 aliphatic heterocycles. The Kier molecular flexibility index (Phi) is 1.90. The van der Waals surface area contributed by atoms with E-state index < -0.39 is 6.10 Å². The maximum Gasteiger partial charge on any atom is 0.155 e. The first kappa shape index (κ1) is 8.07. The lowest BCUT2D eigenvalue weighted by Crippen LogP contribution is -1.97. The minimum atomic E-state index is -0.767. The molecule has 0 bridgehead atoms. The molecule has 13 heavy (non-hydrogen) atoms. The second-order valence-electron chi connectivity index (χ2n) is 2.88. The Labute approximate surface area is 75.4 Å². The summed E-state index contributed by atoms with van der Waals surface area (Å²) in [5.74, 6) is 0.513. The molecule has 0 aromatic carbocycles. The lowest BCUT2D eigenvalue weighted by Gasteiger charge is -2.02. The minimum Gasteiger partial charge on any atom is -0.466 e. The van der Waals surface area contributed by atoms with Crippen molar-refractivity contribution in [3.05, 3.63) is 42.4 Å². The topological polar surface area (TPSA) is 51.2 Å². The van der Waals surface area contributed by atoms with Crippen molar-refractivity contribution in [3.63, 3.8) is 0 Å². The van der Waals surface area contributed by atoms with Crippen LogP contribution in [0, 0.1) is 0 Å². The van der Waals surface area contributed by atoms with E-state index in [0.717, 1.165) is 0 Å². The summed E-state index contributed by atoms with van der Waals surface area (Å²) >= 11 is 0. The SMILES string of the molecule is Cn1cnc(C(O)c2ccco2)c1. The molecule has 1 unspecified atom stereocenters. The maximum absolute atomic E-state index is 9.72. The lowest BCUT2D eigenvalue weighted by molar-refractivity contribution is 0.185. The molecule has 2 heterocycles. The van der Waals surface area contributed by atoms with Crippen LogP contribution in [0.1, 0.15) is 17.6 Å². The molecule has 0 fully saturated rings. The van der Waals surface area contributed by atoms with Gasteiger partial charge in [-0.2, -0.15) is 0 Å². The summed E-state index contributed by atoms with van der Waals surface area (Å²) in [7, 11) is 1.85. The van der Waals surface area contributed by atoms with Gasteiger partial charge in [-0.1, -0.05) is 0 Å². The van der Waals surface area contributed by atoms with Crippen molar-refractivity contribution in [1.29, 1.82) is 0 Å². The Morgan fingerprint density at radius 2 is 2.46 bits per heavy atom. The van der Waals surface area contributed by atoms with Crippen LogP contribution in [0.4, 0.5) is 0 Å². The summed E-state index contributed by atoms with van der Waals surface area (Å²) in [4.78, 5) is 4.02. The van der Waals surface area contributed by atoms with Crippen molar-refractivity contribution in [2.24, 2.45) is 7.05 Å². The number of aliphatic hydroxyl groups excluding tert-OH is 1. The Bertz CT molecular complexity index is 378. The highest BCUT2D eigenvalue weighted by molar-refractivity contribution is 5.14. The fraction of sp³-hybridized carbons (Fsp3) is 0.222. The molecule has 0 spiro atoms. The van der Waals surface area contributed by atoms with Crippen molar-refractivity contribution in [2.45, 2.75) is 6.10 Å². The van der Waals surface area contributed by atoms with Gasteiger partial charge in [-0.25, -0.2) is 4.98 Å². The van der Waals surface area contributed by atoms with E-state index in [2.05, 4.69) is 4.98 Å². The second kappa shape index (κ2) is 3.06. The zero-order chi connectivity index (χ0) is 9.26. The number of hydrogen-bond donors (Lipinski definition) is 1. The summed E-state index contributed by atoms with van der Waals surface area (Å²) in [5, 5.41) is 9.72. The molecule has 2 aromatic heterocycles. The van der Waals surface area contributed by atoms with E-state index in [1.165, 1.54) is 6.26 Å². The van der Waals surface area contributed by atoms with Crippen molar-refractivity contribution in [1.82, 2.24) is 9.55 Å². The van der Waals surface area contributed by atoms with E-state index in [-0.39, 0.29) is 0 Å². The number of aromatic nitrogens is 2. The first-order chi connectivity index (χ1) is 6.27. The fourth-order valence-electron chi connectivity index (χ4n) is 1.17. The average Bonchev–Trinajstić information content (AvgIpc) is 2.72. The van der Waals surface area contributed by atoms with Gasteiger partial charge in [0.15, 0.2) is 6.10 Å². The summed E-state index contributed by atoms with van der Waals surface area (Å²) < 4.78 is 6.84. The Morgan fingerprint density at radius 1 is 1.62 bits per heavy atom. The van der Waals surface area contributed by atoms with Crippen LogP contribution in [0.25, 0.3) is 0 Å². The maximum atomic E-state index is 9.72. The summed E-state index contributed by atoms with van der Waals surface area (Å²) in [6.07, 6.45) is 4.16. The normalized spacial score (nSPS) is 13.1. The molecular weight excluding hydrogens is 168 g/mol. The predicted octanol–water partition coefficient (Wildman–Crippen LogP) is 1.09. The van der Waals surface area contributed by atoms with Crippen LogP contribution in [0.15, 0.2) is 35.3 Å². The van der Waals surface area contributed by atoms with E-state index in [9.17, 15) is 5.11 Å². The summed E-state index contributed by atoms with van der Waals surface area (Å²) in [6.45, 7) is 0. The van der Waals surface area contributed by atoms with Crippen LogP contribution < -0.4 is 0 Å². The molecule has 1 N–H and O–H groups in total. The number of aliphatic hydroxyl groups is 1. The zero-order valence-corrected chi connectivity index (χ0v) is 7.21. The van der Waals surface area contributed by atoms with Gasteiger partial charge < -0.3 is 14.1 Å². The molecule has 0 saturated carbocycles. The average molecular weight is 178 g/mol. The monoisotopic (exact) mass is 178 g/mol. The summed E-state index contributed by atoms with van der Waals surface area (Å²) in [5.41, 5.74) is 0.595. The smallest absolute Gasteiger partial charge is 0.155 e. The molecule has 4 heteroatoms. The molecule has 0 aliphatic carbocycles. The van der Waals surface area contributed by atoms with Gasteiger partial charge in [0.2, 0.25) is 0 Å². The predicted molar refractivity (Wildman–Crippen MR) is 46.0 cm³/mol. The van der Waals surface area contributed by atoms with Gasteiger partial charge in [-0.05, 0) is 12.1 Å². The third kappa shape index (κ3) is 1.48. The van der Waals surface area contributed by atoms with Crippen molar-refractivity contribution in [3.8, 4) is 0 Å². The van der Waals surface area contributed by atoms with E-state index in [4.69, 9.17) is 4.42 Å². The van der Waals surface area contributed by atoms with Gasteiger partial charge in [-0.15, -0.1) is 0 Å². The van der Waals surface area contributed by atoms with E-state index in [1.54, 1.807) is 29.2 Å². The first-order valence-corrected chi connectivity index (χ1v) is 3.96. The van der Waals surface area contributed by atoms with Gasteiger partial charge in [0.1, 0.15) is 5.76 Å². The van der Waals surface area contributed by atoms with Crippen LogP contribution in [0.3, 0.4) is 0 Å². The molecule has 4 nitrogen and oxygen atoms in total. The minimum absolute atomic E-state index is 0.513. The van der Waals surface area contributed by atoms with Gasteiger partial charge in [-0.3, -0.25) is 0 Å². The largest absolute Gasteiger partial charge is 0.466 e. The summed E-state index contributed by atoms with van der Waals surface area (Å²) in [6, 6.07) is 3.46. The number of hydrogen-bond acceptors (Lipinski definition) is 3. The Morgan fingerprint density at radius 3 is 3.00 bits per heavy atom. The molecule has 1 atom stereocenters. The number of aryl methyl sites for hydroxylation is 1. The molecule has 0 radical (unpaired) electrons. The number of nitrogens with zero attached hydrogens (tertiary/aromatic N) is 2. The number of imidazole rings is 1. The molecule has 68 valence electrons. The molecule has 0 saturated heterocycles. The van der Waals surface area contributed by atoms with Crippen LogP contribution in [0.2, 0.25) is 0 Å². The van der Waals surface area contributed by atoms with Gasteiger partial charge >= 0.3 is 0 Å². The highest BCUT2D eigenvalue weighted by atomic mass is 16.4. The zero-order valence-electron chi connectivity index (χ0n) is 7.21.